The maximum absolute atomic E-state index is 13.0. The Hall–Kier alpha value is -2.13. The summed E-state index contributed by atoms with van der Waals surface area (Å²) in [4.78, 5) is 15.0. The summed E-state index contributed by atoms with van der Waals surface area (Å²) in [6.07, 6.45) is 0. The average molecular weight is 438 g/mol. The molecule has 1 saturated heterocycles. The largest absolute Gasteiger partial charge is 0.495 e. The topological polar surface area (TPSA) is 78.9 Å². The molecule has 0 aromatic heterocycles. The lowest BCUT2D eigenvalue weighted by atomic mass is 10.1. The van der Waals surface area contributed by atoms with Crippen LogP contribution in [0.25, 0.3) is 0 Å². The fourth-order valence-electron chi connectivity index (χ4n) is 3.13. The van der Waals surface area contributed by atoms with Crippen molar-refractivity contribution in [2.45, 2.75) is 11.8 Å². The number of piperazine rings is 1. The van der Waals surface area contributed by atoms with E-state index in [0.717, 1.165) is 5.56 Å². The molecule has 0 aliphatic carbocycles. The maximum atomic E-state index is 13.0. The van der Waals surface area contributed by atoms with Crippen LogP contribution in [0.4, 0.5) is 5.69 Å². The highest BCUT2D eigenvalue weighted by molar-refractivity contribution is 7.89. The van der Waals surface area contributed by atoms with Crippen LogP contribution in [0.2, 0.25) is 5.02 Å². The maximum Gasteiger partial charge on any atom is 0.257 e. The van der Waals surface area contributed by atoms with Crippen LogP contribution in [-0.2, 0) is 10.0 Å². The van der Waals surface area contributed by atoms with Gasteiger partial charge in [0.2, 0.25) is 10.0 Å². The summed E-state index contributed by atoms with van der Waals surface area (Å²) >= 11 is 6.21. The van der Waals surface area contributed by atoms with Crippen molar-refractivity contribution in [3.63, 3.8) is 0 Å². The van der Waals surface area contributed by atoms with Gasteiger partial charge in [0.1, 0.15) is 5.75 Å². The third kappa shape index (κ3) is 4.72. The molecular formula is C20H24ClN3O4S. The van der Waals surface area contributed by atoms with Gasteiger partial charge >= 0.3 is 0 Å². The molecule has 2 aromatic carbocycles. The molecule has 29 heavy (non-hydrogen) atoms. The zero-order chi connectivity index (χ0) is 21.2. The molecule has 1 aliphatic heterocycles. The molecule has 1 fully saturated rings. The minimum Gasteiger partial charge on any atom is -0.495 e. The fraction of sp³-hybridized carbons (Fsp3) is 0.350. The molecule has 2 aromatic rings. The second-order valence-corrected chi connectivity index (χ2v) is 9.35. The Morgan fingerprint density at radius 3 is 2.45 bits per heavy atom. The van der Waals surface area contributed by atoms with Gasteiger partial charge in [-0.15, -0.1) is 0 Å². The zero-order valence-corrected chi connectivity index (χ0v) is 18.2. The molecule has 1 amide bonds. The van der Waals surface area contributed by atoms with Crippen molar-refractivity contribution in [2.75, 3.05) is 45.7 Å². The van der Waals surface area contributed by atoms with E-state index in [9.17, 15) is 13.2 Å². The molecule has 1 aliphatic rings. The van der Waals surface area contributed by atoms with E-state index >= 15 is 0 Å². The van der Waals surface area contributed by atoms with Gasteiger partial charge in [-0.25, -0.2) is 8.42 Å². The van der Waals surface area contributed by atoms with Gasteiger partial charge in [-0.2, -0.15) is 4.31 Å². The molecule has 1 heterocycles. The number of amides is 1. The molecule has 7 nitrogen and oxygen atoms in total. The number of sulfonamides is 1. The third-order valence-electron chi connectivity index (χ3n) is 4.89. The summed E-state index contributed by atoms with van der Waals surface area (Å²) < 4.78 is 32.7. The highest BCUT2D eigenvalue weighted by Crippen LogP contribution is 2.28. The van der Waals surface area contributed by atoms with Crippen molar-refractivity contribution < 1.29 is 17.9 Å². The van der Waals surface area contributed by atoms with Crippen molar-refractivity contribution in [1.29, 1.82) is 0 Å². The van der Waals surface area contributed by atoms with Crippen molar-refractivity contribution in [2.24, 2.45) is 0 Å². The zero-order valence-electron chi connectivity index (χ0n) is 16.6. The van der Waals surface area contributed by atoms with Crippen LogP contribution in [0.5, 0.6) is 5.75 Å². The molecule has 1 N–H and O–H groups in total. The predicted molar refractivity (Wildman–Crippen MR) is 113 cm³/mol. The Kier molecular flexibility index (Phi) is 6.48. The number of carbonyl (C=O) groups excluding carboxylic acids is 1. The smallest absolute Gasteiger partial charge is 0.257 e. The number of nitrogens with one attached hydrogen (secondary N) is 1. The minimum absolute atomic E-state index is 0.0489. The Morgan fingerprint density at radius 1 is 1.10 bits per heavy atom. The second-order valence-electron chi connectivity index (χ2n) is 7.01. The molecule has 156 valence electrons. The molecule has 0 radical (unpaired) electrons. The molecule has 0 bridgehead atoms. The van der Waals surface area contributed by atoms with Crippen LogP contribution in [-0.4, -0.2) is 63.9 Å². The quantitative estimate of drug-likeness (QED) is 0.778. The van der Waals surface area contributed by atoms with E-state index in [4.69, 9.17) is 16.3 Å². The number of nitrogens with zero attached hydrogens (tertiary/aromatic N) is 2. The van der Waals surface area contributed by atoms with Crippen molar-refractivity contribution in [3.8, 4) is 5.75 Å². The SMILES string of the molecule is COc1ccc(C)cc1NC(=O)c1cc(S(=O)(=O)N2CCN(C)CC2)ccc1Cl. The van der Waals surface area contributed by atoms with Crippen LogP contribution in [0, 0.1) is 6.92 Å². The molecule has 9 heteroatoms. The van der Waals surface area contributed by atoms with E-state index in [1.54, 1.807) is 12.1 Å². The predicted octanol–water partition coefficient (Wildman–Crippen LogP) is 2.85. The summed E-state index contributed by atoms with van der Waals surface area (Å²) in [5.41, 5.74) is 1.52. The number of likely N-dealkylation sites (N-methyl/N-ethyl adjacent to an activating group) is 1. The lowest BCUT2D eigenvalue weighted by Crippen LogP contribution is -2.47. The number of hydrogen-bond acceptors (Lipinski definition) is 5. The van der Waals surface area contributed by atoms with Crippen molar-refractivity contribution in [1.82, 2.24) is 9.21 Å². The first-order valence-corrected chi connectivity index (χ1v) is 11.0. The van der Waals surface area contributed by atoms with E-state index in [1.807, 2.05) is 20.0 Å². The summed E-state index contributed by atoms with van der Waals surface area (Å²) in [5.74, 6) is -0.00406. The van der Waals surface area contributed by atoms with Gasteiger partial charge < -0.3 is 15.0 Å². The Labute approximate surface area is 176 Å². The Morgan fingerprint density at radius 2 is 1.79 bits per heavy atom. The number of benzene rings is 2. The fourth-order valence-corrected chi connectivity index (χ4v) is 4.78. The highest BCUT2D eigenvalue weighted by Gasteiger charge is 2.28. The molecule has 3 rings (SSSR count). The molecule has 0 spiro atoms. The normalized spacial score (nSPS) is 15.9. The first kappa shape index (κ1) is 21.6. The van der Waals surface area contributed by atoms with Gasteiger partial charge in [0.05, 0.1) is 28.3 Å². The van der Waals surface area contributed by atoms with Crippen LogP contribution < -0.4 is 10.1 Å². The monoisotopic (exact) mass is 437 g/mol. The van der Waals surface area contributed by atoms with Crippen molar-refractivity contribution in [3.05, 3.63) is 52.5 Å². The van der Waals surface area contributed by atoms with Crippen LogP contribution in [0.1, 0.15) is 15.9 Å². The van der Waals surface area contributed by atoms with Crippen LogP contribution in [0.15, 0.2) is 41.3 Å². The summed E-state index contributed by atoms with van der Waals surface area (Å²) in [6, 6.07) is 9.58. The number of methoxy groups -OCH3 is 1. The van der Waals surface area contributed by atoms with Crippen LogP contribution >= 0.6 is 11.6 Å². The molecule has 0 saturated carbocycles. The number of anilines is 1. The molecule has 0 unspecified atom stereocenters. The number of carbonyl (C=O) groups is 1. The lowest BCUT2D eigenvalue weighted by Gasteiger charge is -2.31. The van der Waals surface area contributed by atoms with Gasteiger partial charge in [-0.3, -0.25) is 4.79 Å². The minimum atomic E-state index is -3.71. The summed E-state index contributed by atoms with van der Waals surface area (Å²) in [5, 5.41) is 2.93. The van der Waals surface area contributed by atoms with Gasteiger partial charge in [0, 0.05) is 26.2 Å². The van der Waals surface area contributed by atoms with Gasteiger partial charge in [-0.1, -0.05) is 17.7 Å². The second kappa shape index (κ2) is 8.71. The van der Waals surface area contributed by atoms with Gasteiger partial charge in [0.25, 0.3) is 5.91 Å². The average Bonchev–Trinajstić information content (AvgIpc) is 2.68. The van der Waals surface area contributed by atoms with E-state index in [1.165, 1.54) is 29.6 Å². The summed E-state index contributed by atoms with van der Waals surface area (Å²) in [6.45, 7) is 4.03. The number of aryl methyl sites for hydroxylation is 1. The van der Waals surface area contributed by atoms with Gasteiger partial charge in [0.15, 0.2) is 0 Å². The number of ether oxygens (including phenoxy) is 1. The standard InChI is InChI=1S/C20H24ClN3O4S/c1-14-4-7-19(28-3)18(12-14)22-20(25)16-13-15(5-6-17(16)21)29(26,27)24-10-8-23(2)9-11-24/h4-7,12-13H,8-11H2,1-3H3,(H,22,25). The number of rotatable bonds is 5. The van der Waals surface area contributed by atoms with E-state index in [0.29, 0.717) is 37.6 Å². The number of halogens is 1. The summed E-state index contributed by atoms with van der Waals surface area (Å²) in [7, 11) is -0.244. The van der Waals surface area contributed by atoms with Crippen LogP contribution in [0.3, 0.4) is 0 Å². The third-order valence-corrected chi connectivity index (χ3v) is 7.11. The van der Waals surface area contributed by atoms with E-state index < -0.39 is 15.9 Å². The van der Waals surface area contributed by atoms with Crippen molar-refractivity contribution >= 4 is 33.2 Å². The Bertz CT molecular complexity index is 1020. The first-order chi connectivity index (χ1) is 13.7. The highest BCUT2D eigenvalue weighted by atomic mass is 35.5. The Balaban J connectivity index is 1.89. The van der Waals surface area contributed by atoms with Gasteiger partial charge in [-0.05, 0) is 49.9 Å². The number of hydrogen-bond donors (Lipinski definition) is 1. The van der Waals surface area contributed by atoms with E-state index in [-0.39, 0.29) is 15.5 Å². The van der Waals surface area contributed by atoms with E-state index in [2.05, 4.69) is 10.2 Å². The molecular weight excluding hydrogens is 414 g/mol. The lowest BCUT2D eigenvalue weighted by molar-refractivity contribution is 0.102. The molecule has 0 atom stereocenters. The first-order valence-electron chi connectivity index (χ1n) is 9.16.